The molecule has 0 radical (unpaired) electrons. The highest BCUT2D eigenvalue weighted by Gasteiger charge is 2.34. The van der Waals surface area contributed by atoms with E-state index >= 15 is 0 Å². The highest BCUT2D eigenvalue weighted by Crippen LogP contribution is 2.39. The van der Waals surface area contributed by atoms with Crippen LogP contribution in [0.1, 0.15) is 88.7 Å². The molecule has 460 valence electrons. The Morgan fingerprint density at radius 1 is 0.528 bits per heavy atom. The number of benzene rings is 2. The number of anilines is 3. The van der Waals surface area contributed by atoms with Gasteiger partial charge in [0.1, 0.15) is 21.4 Å². The molecule has 3 N–H and O–H groups in total. The first kappa shape index (κ1) is 58.8. The van der Waals surface area contributed by atoms with Crippen LogP contribution in [0.3, 0.4) is 0 Å². The second-order valence-corrected chi connectivity index (χ2v) is 27.5. The molecular weight excluding hydrogens is 1190 g/mol. The summed E-state index contributed by atoms with van der Waals surface area (Å²) in [6, 6.07) is 19.6. The molecule has 25 heteroatoms. The third-order valence-electron chi connectivity index (χ3n) is 17.8. The lowest BCUT2D eigenvalue weighted by Gasteiger charge is -2.43. The molecule has 2 unspecified atom stereocenters. The molecule has 0 amide bonds. The van der Waals surface area contributed by atoms with Crippen molar-refractivity contribution < 1.29 is 13.2 Å². The van der Waals surface area contributed by atoms with Crippen LogP contribution >= 0.6 is 34.0 Å². The number of nitrogens with one attached hydrogen (secondary N) is 3. The number of rotatable bonds is 9. The molecule has 0 aliphatic carbocycles. The molecule has 0 spiro atoms. The molecule has 2 aromatic carbocycles. The van der Waals surface area contributed by atoms with Crippen LogP contribution in [0, 0.1) is 38.2 Å². The number of hydrogen-bond donors (Lipinski definition) is 3. The maximum absolute atomic E-state index is 14.9. The fourth-order valence-corrected chi connectivity index (χ4v) is 16.2. The molecule has 6 atom stereocenters. The number of aromatic nitrogens is 13. The summed E-state index contributed by atoms with van der Waals surface area (Å²) in [5, 5.41) is 22.6. The number of pyridine rings is 1. The highest BCUT2D eigenvalue weighted by molar-refractivity contribution is 7.22. The van der Waals surface area contributed by atoms with Gasteiger partial charge in [-0.05, 0) is 154 Å². The predicted molar refractivity (Wildman–Crippen MR) is 350 cm³/mol. The SMILES string of the molecule is Cc1cn2cc(-c3ncc4nc(N(C)C5CC6CCCC(C5)N6)sc4n3)cc(F)c2n1.Cc1cn2nc(-c3cc(F)c4nc(N(C)[C@@H]5CCN[C@@H](C)C5)sc4c3)ccc2n1.Cc1cn2nc(-c3cc(F)c4nc(N(C)[C@H]5CCN[C@@H](C)C5)sc4c3)ccc2n1. The van der Waals surface area contributed by atoms with E-state index < -0.39 is 0 Å². The van der Waals surface area contributed by atoms with Gasteiger partial charge in [0.25, 0.3) is 0 Å². The van der Waals surface area contributed by atoms with Gasteiger partial charge in [0.15, 0.2) is 55.6 Å². The van der Waals surface area contributed by atoms with Gasteiger partial charge in [-0.3, -0.25) is 0 Å². The first-order valence-corrected chi connectivity index (χ1v) is 33.0. The van der Waals surface area contributed by atoms with Gasteiger partial charge in [0.2, 0.25) is 0 Å². The number of thiazole rings is 3. The number of nitrogens with zero attached hydrogens (tertiary/aromatic N) is 16. The lowest BCUT2D eigenvalue weighted by Crippen LogP contribution is -2.54. The number of piperidine rings is 4. The monoisotopic (exact) mass is 1260 g/mol. The topological polar surface area (TPSA) is 188 Å². The molecular formula is C64H70F3N19S3. The smallest absolute Gasteiger partial charge is 0.187 e. The van der Waals surface area contributed by atoms with Crippen LogP contribution in [0.15, 0.2) is 85.6 Å². The van der Waals surface area contributed by atoms with E-state index in [-0.39, 0.29) is 17.5 Å². The number of fused-ring (bicyclic) bond motifs is 8. The van der Waals surface area contributed by atoms with Gasteiger partial charge in [0.05, 0.1) is 56.5 Å². The zero-order valence-corrected chi connectivity index (χ0v) is 53.4. The molecule has 19 nitrogen and oxygen atoms in total. The van der Waals surface area contributed by atoms with Crippen LogP contribution in [-0.2, 0) is 0 Å². The molecule has 2 bridgehead atoms. The summed E-state index contributed by atoms with van der Waals surface area (Å²) in [6.07, 6.45) is 19.6. The van der Waals surface area contributed by atoms with Crippen molar-refractivity contribution in [1.29, 1.82) is 0 Å². The fourth-order valence-electron chi connectivity index (χ4n) is 13.1. The van der Waals surface area contributed by atoms with Gasteiger partial charge in [0, 0.05) is 92.5 Å². The average molecular weight is 1260 g/mol. The lowest BCUT2D eigenvalue weighted by atomic mass is 9.83. The lowest BCUT2D eigenvalue weighted by molar-refractivity contribution is 0.219. The van der Waals surface area contributed by atoms with Crippen molar-refractivity contribution in [3.8, 4) is 33.9 Å². The minimum absolute atomic E-state index is 0.309. The van der Waals surface area contributed by atoms with Crippen molar-refractivity contribution in [2.45, 2.75) is 135 Å². The van der Waals surface area contributed by atoms with E-state index in [1.165, 1.54) is 60.1 Å². The van der Waals surface area contributed by atoms with E-state index in [1.807, 2.05) is 75.8 Å². The minimum atomic E-state index is -0.379. The number of hydrogen-bond acceptors (Lipinski definition) is 19. The molecule has 10 aromatic heterocycles. The third-order valence-corrected chi connectivity index (χ3v) is 21.0. The van der Waals surface area contributed by atoms with Crippen LogP contribution in [-0.4, -0.2) is 140 Å². The van der Waals surface area contributed by atoms with Crippen molar-refractivity contribution in [1.82, 2.24) is 79.5 Å². The van der Waals surface area contributed by atoms with Crippen LogP contribution in [0.25, 0.3) is 81.6 Å². The Bertz CT molecular complexity index is 4390. The Morgan fingerprint density at radius 2 is 1.04 bits per heavy atom. The summed E-state index contributed by atoms with van der Waals surface area (Å²) in [5.41, 5.74) is 9.65. The summed E-state index contributed by atoms with van der Waals surface area (Å²) < 4.78 is 51.1. The Hall–Kier alpha value is -7.81. The van der Waals surface area contributed by atoms with Crippen molar-refractivity contribution in [3.05, 3.63) is 120 Å². The molecule has 12 aromatic rings. The van der Waals surface area contributed by atoms with Gasteiger partial charge in [-0.25, -0.2) is 62.1 Å². The minimum Gasteiger partial charge on any atom is -0.348 e. The highest BCUT2D eigenvalue weighted by atomic mass is 32.1. The molecule has 89 heavy (non-hydrogen) atoms. The molecule has 4 saturated heterocycles. The zero-order chi connectivity index (χ0) is 61.4. The zero-order valence-electron chi connectivity index (χ0n) is 50.9. The standard InChI is InChI=1S/C22H24FN7S.2C21H23FN6S/c1-12-10-30-11-13(6-17(23)20(30)25-12)19-24-9-18-21(28-19)31-22(27-18)29(2)16-7-14-4-3-5-15(8-16)26-14;2*1-12-8-15(6-7-23-12)27(3)21-25-20-16(22)9-14(10-18(20)29-21)17-4-5-19-24-13(2)11-28(19)26-17/h6,9-11,14-16,26H,3-5,7-8H2,1-2H3;2*4-5,9-12,15,23H,6-8H2,1-3H3/t;12-,15+;12-,15-/m.00/s1. The van der Waals surface area contributed by atoms with Gasteiger partial charge < -0.3 is 35.1 Å². The summed E-state index contributed by atoms with van der Waals surface area (Å²) in [7, 11) is 6.27. The van der Waals surface area contributed by atoms with Gasteiger partial charge in [-0.1, -0.05) is 40.4 Å². The molecule has 14 heterocycles. The van der Waals surface area contributed by atoms with Crippen molar-refractivity contribution in [2.75, 3.05) is 48.9 Å². The maximum atomic E-state index is 14.9. The number of halogens is 3. The van der Waals surface area contributed by atoms with Crippen molar-refractivity contribution in [3.63, 3.8) is 0 Å². The van der Waals surface area contributed by atoms with E-state index in [0.717, 1.165) is 126 Å². The van der Waals surface area contributed by atoms with Crippen LogP contribution in [0.5, 0.6) is 0 Å². The van der Waals surface area contributed by atoms with Crippen molar-refractivity contribution >= 4 is 97.1 Å². The van der Waals surface area contributed by atoms with E-state index in [0.29, 0.717) is 81.7 Å². The summed E-state index contributed by atoms with van der Waals surface area (Å²) in [6.45, 7) is 12.1. The summed E-state index contributed by atoms with van der Waals surface area (Å²) >= 11 is 4.66. The van der Waals surface area contributed by atoms with E-state index in [9.17, 15) is 13.2 Å². The van der Waals surface area contributed by atoms with Gasteiger partial charge >= 0.3 is 0 Å². The quantitative estimate of drug-likeness (QED) is 0.124. The first-order chi connectivity index (χ1) is 43.0. The summed E-state index contributed by atoms with van der Waals surface area (Å²) in [4.78, 5) is 43.8. The largest absolute Gasteiger partial charge is 0.348 e. The Morgan fingerprint density at radius 3 is 1.60 bits per heavy atom. The van der Waals surface area contributed by atoms with Gasteiger partial charge in [-0.15, -0.1) is 0 Å². The molecule has 4 aliphatic rings. The van der Waals surface area contributed by atoms with E-state index in [1.54, 1.807) is 37.2 Å². The Labute approximate surface area is 524 Å². The first-order valence-electron chi connectivity index (χ1n) is 30.6. The number of aryl methyl sites for hydroxylation is 3. The molecule has 4 fully saturated rings. The van der Waals surface area contributed by atoms with Crippen LogP contribution in [0.2, 0.25) is 0 Å². The van der Waals surface area contributed by atoms with Crippen molar-refractivity contribution in [2.24, 2.45) is 0 Å². The predicted octanol–water partition coefficient (Wildman–Crippen LogP) is 12.0. The average Bonchev–Trinajstić information content (AvgIpc) is 1.92. The van der Waals surface area contributed by atoms with Crippen LogP contribution < -0.4 is 30.7 Å². The normalized spacial score (nSPS) is 21.1. The fraction of sp³-hybridized carbons (Fsp3) is 0.406. The summed E-state index contributed by atoms with van der Waals surface area (Å²) in [5.74, 6) is -0.504. The molecule has 16 rings (SSSR count). The Kier molecular flexibility index (Phi) is 16.0. The second kappa shape index (κ2) is 24.2. The van der Waals surface area contributed by atoms with Gasteiger partial charge in [-0.2, -0.15) is 10.2 Å². The van der Waals surface area contributed by atoms with E-state index in [2.05, 4.69) is 106 Å². The third kappa shape index (κ3) is 12.1. The van der Waals surface area contributed by atoms with Crippen LogP contribution in [0.4, 0.5) is 28.6 Å². The number of imidazole rings is 3. The molecule has 0 saturated carbocycles. The second-order valence-electron chi connectivity index (χ2n) is 24.5. The van der Waals surface area contributed by atoms with E-state index in [4.69, 9.17) is 9.97 Å². The Balaban J connectivity index is 0.000000117. The maximum Gasteiger partial charge on any atom is 0.187 e. The molecule has 4 aliphatic heterocycles.